The molecule has 2 amide bonds. The first-order chi connectivity index (χ1) is 15.5. The van der Waals surface area contributed by atoms with Crippen molar-refractivity contribution < 1.29 is 14.0 Å². The Morgan fingerprint density at radius 1 is 1.00 bits per heavy atom. The number of hydrogen-bond donors (Lipinski definition) is 2. The van der Waals surface area contributed by atoms with E-state index in [1.165, 1.54) is 6.07 Å². The van der Waals surface area contributed by atoms with Gasteiger partial charge < -0.3 is 15.2 Å². The molecule has 0 radical (unpaired) electrons. The van der Waals surface area contributed by atoms with Gasteiger partial charge >= 0.3 is 0 Å². The van der Waals surface area contributed by atoms with E-state index in [2.05, 4.69) is 15.6 Å². The molecule has 0 aliphatic carbocycles. The number of halogens is 1. The standard InChI is InChI=1S/C25H19FN4O2/c1-30-20-13-7-2-8-15(20)14-21(30)24(31)29-23-25(32)27-19-12-6-4-10-17(19)22(28-23)16-9-3-5-11-18(16)26/h2-14,23H,1H3,(H,27,32)(H,29,31)/t23-/m1/s1. The number of fused-ring (bicyclic) bond motifs is 2. The number of carbonyl (C=O) groups excluding carboxylic acids is 2. The Morgan fingerprint density at radius 2 is 1.69 bits per heavy atom. The van der Waals surface area contributed by atoms with Crippen LogP contribution >= 0.6 is 0 Å². The fourth-order valence-corrected chi connectivity index (χ4v) is 3.93. The van der Waals surface area contributed by atoms with E-state index in [9.17, 15) is 14.0 Å². The summed E-state index contributed by atoms with van der Waals surface area (Å²) in [7, 11) is 1.79. The van der Waals surface area contributed by atoms with Gasteiger partial charge in [0.25, 0.3) is 11.8 Å². The predicted molar refractivity (Wildman–Crippen MR) is 121 cm³/mol. The van der Waals surface area contributed by atoms with Crippen molar-refractivity contribution in [3.05, 3.63) is 102 Å². The summed E-state index contributed by atoms with van der Waals surface area (Å²) in [5, 5.41) is 6.40. The molecule has 1 aliphatic heterocycles. The number of aryl methyl sites for hydroxylation is 1. The third-order valence-corrected chi connectivity index (χ3v) is 5.53. The summed E-state index contributed by atoms with van der Waals surface area (Å²) in [6.07, 6.45) is -1.23. The summed E-state index contributed by atoms with van der Waals surface area (Å²) >= 11 is 0. The average molecular weight is 426 g/mol. The third kappa shape index (κ3) is 3.33. The average Bonchev–Trinajstić information content (AvgIpc) is 3.07. The lowest BCUT2D eigenvalue weighted by molar-refractivity contribution is -0.117. The maximum atomic E-state index is 14.6. The summed E-state index contributed by atoms with van der Waals surface area (Å²) in [5.74, 6) is -1.42. The summed E-state index contributed by atoms with van der Waals surface area (Å²) in [6.45, 7) is 0. The highest BCUT2D eigenvalue weighted by Crippen LogP contribution is 2.25. The molecule has 0 bridgehead atoms. The molecule has 2 heterocycles. The van der Waals surface area contributed by atoms with Crippen LogP contribution in [0.25, 0.3) is 10.9 Å². The molecule has 0 unspecified atom stereocenters. The highest BCUT2D eigenvalue weighted by molar-refractivity contribution is 6.20. The van der Waals surface area contributed by atoms with Crippen molar-refractivity contribution in [2.45, 2.75) is 6.17 Å². The van der Waals surface area contributed by atoms with Crippen LogP contribution in [0.4, 0.5) is 10.1 Å². The molecule has 1 aromatic heterocycles. The molecule has 32 heavy (non-hydrogen) atoms. The van der Waals surface area contributed by atoms with Crippen LogP contribution in [0.15, 0.2) is 83.9 Å². The van der Waals surface area contributed by atoms with Crippen molar-refractivity contribution in [3.8, 4) is 0 Å². The molecule has 0 saturated heterocycles. The zero-order valence-electron chi connectivity index (χ0n) is 17.2. The number of benzene rings is 3. The van der Waals surface area contributed by atoms with Crippen molar-refractivity contribution in [1.82, 2.24) is 9.88 Å². The van der Waals surface area contributed by atoms with Crippen LogP contribution in [-0.2, 0) is 11.8 Å². The number of nitrogens with one attached hydrogen (secondary N) is 2. The molecular formula is C25H19FN4O2. The second-order valence-corrected chi connectivity index (χ2v) is 7.52. The molecule has 5 rings (SSSR count). The first kappa shape index (κ1) is 19.7. The molecule has 158 valence electrons. The maximum absolute atomic E-state index is 14.6. The van der Waals surface area contributed by atoms with E-state index >= 15 is 0 Å². The van der Waals surface area contributed by atoms with E-state index < -0.39 is 23.8 Å². The van der Waals surface area contributed by atoms with Gasteiger partial charge in [-0.25, -0.2) is 9.38 Å². The summed E-state index contributed by atoms with van der Waals surface area (Å²) in [4.78, 5) is 30.5. The topological polar surface area (TPSA) is 75.5 Å². The van der Waals surface area contributed by atoms with Gasteiger partial charge in [-0.3, -0.25) is 9.59 Å². The van der Waals surface area contributed by atoms with Crippen LogP contribution < -0.4 is 10.6 Å². The van der Waals surface area contributed by atoms with Gasteiger partial charge in [-0.2, -0.15) is 0 Å². The molecule has 0 saturated carbocycles. The van der Waals surface area contributed by atoms with E-state index in [4.69, 9.17) is 0 Å². The minimum atomic E-state index is -1.23. The van der Waals surface area contributed by atoms with E-state index in [-0.39, 0.29) is 5.56 Å². The fraction of sp³-hybridized carbons (Fsp3) is 0.0800. The lowest BCUT2D eigenvalue weighted by Gasteiger charge is -2.14. The van der Waals surface area contributed by atoms with Gasteiger partial charge in [-0.1, -0.05) is 48.5 Å². The number of para-hydroxylation sites is 2. The number of carbonyl (C=O) groups is 2. The number of aliphatic imine (C=N–C) groups is 1. The van der Waals surface area contributed by atoms with Crippen molar-refractivity contribution in [1.29, 1.82) is 0 Å². The predicted octanol–water partition coefficient (Wildman–Crippen LogP) is 3.86. The minimum absolute atomic E-state index is 0.250. The lowest BCUT2D eigenvalue weighted by atomic mass is 10.0. The van der Waals surface area contributed by atoms with Gasteiger partial charge in [-0.15, -0.1) is 0 Å². The van der Waals surface area contributed by atoms with Crippen LogP contribution in [0.3, 0.4) is 0 Å². The largest absolute Gasteiger partial charge is 0.340 e. The molecular weight excluding hydrogens is 407 g/mol. The second-order valence-electron chi connectivity index (χ2n) is 7.52. The summed E-state index contributed by atoms with van der Waals surface area (Å²) < 4.78 is 16.4. The summed E-state index contributed by atoms with van der Waals surface area (Å²) in [5.41, 5.74) is 2.90. The SMILES string of the molecule is Cn1c(C(=O)N[C@H]2N=C(c3ccccc3F)c3ccccc3NC2=O)cc2ccccc21. The number of nitrogens with zero attached hydrogens (tertiary/aromatic N) is 2. The molecule has 2 N–H and O–H groups in total. The van der Waals surface area contributed by atoms with Crippen LogP contribution in [0.2, 0.25) is 0 Å². The Labute approximate surface area is 183 Å². The zero-order valence-corrected chi connectivity index (χ0v) is 17.2. The lowest BCUT2D eigenvalue weighted by Crippen LogP contribution is -2.42. The molecule has 1 atom stereocenters. The fourth-order valence-electron chi connectivity index (χ4n) is 3.93. The van der Waals surface area contributed by atoms with Crippen molar-refractivity contribution >= 4 is 34.1 Å². The zero-order chi connectivity index (χ0) is 22.2. The van der Waals surface area contributed by atoms with Crippen molar-refractivity contribution in [3.63, 3.8) is 0 Å². The molecule has 0 fully saturated rings. The quantitative estimate of drug-likeness (QED) is 0.522. The summed E-state index contributed by atoms with van der Waals surface area (Å²) in [6, 6.07) is 22.6. The Balaban J connectivity index is 1.57. The number of hydrogen-bond acceptors (Lipinski definition) is 3. The second kappa shape index (κ2) is 7.77. The van der Waals surface area contributed by atoms with E-state index in [1.807, 2.05) is 24.3 Å². The van der Waals surface area contributed by atoms with Gasteiger partial charge in [0.05, 0.1) is 11.4 Å². The highest BCUT2D eigenvalue weighted by atomic mass is 19.1. The number of benzodiazepines with no additional fused rings is 1. The third-order valence-electron chi connectivity index (χ3n) is 5.53. The van der Waals surface area contributed by atoms with Gasteiger partial charge in [0.2, 0.25) is 6.17 Å². The van der Waals surface area contributed by atoms with E-state index in [0.717, 1.165) is 10.9 Å². The monoisotopic (exact) mass is 426 g/mol. The van der Waals surface area contributed by atoms with Gasteiger partial charge in [0, 0.05) is 29.1 Å². The van der Waals surface area contributed by atoms with Crippen LogP contribution in [-0.4, -0.2) is 28.3 Å². The molecule has 0 spiro atoms. The highest BCUT2D eigenvalue weighted by Gasteiger charge is 2.29. The Bertz CT molecular complexity index is 1410. The number of amides is 2. The van der Waals surface area contributed by atoms with Crippen LogP contribution in [0.5, 0.6) is 0 Å². The van der Waals surface area contributed by atoms with Gasteiger partial charge in [0.1, 0.15) is 11.5 Å². The molecule has 3 aromatic carbocycles. The molecule has 1 aliphatic rings. The molecule has 7 heteroatoms. The molecule has 6 nitrogen and oxygen atoms in total. The van der Waals surface area contributed by atoms with Crippen LogP contribution in [0.1, 0.15) is 21.6 Å². The minimum Gasteiger partial charge on any atom is -0.340 e. The number of aromatic nitrogens is 1. The Hall–Kier alpha value is -4.26. The normalized spacial score (nSPS) is 15.5. The number of rotatable bonds is 3. The van der Waals surface area contributed by atoms with E-state index in [1.54, 1.807) is 60.1 Å². The van der Waals surface area contributed by atoms with Crippen LogP contribution in [0, 0.1) is 5.82 Å². The van der Waals surface area contributed by atoms with E-state index in [0.29, 0.717) is 22.7 Å². The van der Waals surface area contributed by atoms with Gasteiger partial charge in [0.15, 0.2) is 0 Å². The number of anilines is 1. The first-order valence-corrected chi connectivity index (χ1v) is 10.1. The smallest absolute Gasteiger partial charge is 0.269 e. The van der Waals surface area contributed by atoms with Crippen molar-refractivity contribution in [2.75, 3.05) is 5.32 Å². The van der Waals surface area contributed by atoms with Crippen molar-refractivity contribution in [2.24, 2.45) is 12.0 Å². The Morgan fingerprint density at radius 3 is 2.47 bits per heavy atom. The maximum Gasteiger partial charge on any atom is 0.269 e. The Kier molecular flexibility index (Phi) is 4.78. The first-order valence-electron chi connectivity index (χ1n) is 10.1. The molecule has 4 aromatic rings. The van der Waals surface area contributed by atoms with Gasteiger partial charge in [-0.05, 0) is 30.3 Å².